The Labute approximate surface area is 166 Å². The largest absolute Gasteiger partial charge is 0.573 e. The molecule has 1 aromatic carbocycles. The number of alkyl halides is 3. The Kier molecular flexibility index (Phi) is 5.86. The molecule has 0 fully saturated rings. The van der Waals surface area contributed by atoms with Crippen molar-refractivity contribution in [3.05, 3.63) is 54.2 Å². The number of pyridine rings is 1. The van der Waals surface area contributed by atoms with Crippen LogP contribution in [-0.2, 0) is 0 Å². The van der Waals surface area contributed by atoms with Crippen molar-refractivity contribution in [2.45, 2.75) is 33.2 Å². The molecule has 0 aliphatic carbocycles. The van der Waals surface area contributed by atoms with Gasteiger partial charge in [0.25, 0.3) is 0 Å². The molecule has 0 spiro atoms. The zero-order valence-corrected chi connectivity index (χ0v) is 16.1. The summed E-state index contributed by atoms with van der Waals surface area (Å²) in [7, 11) is 0. The predicted molar refractivity (Wildman–Crippen MR) is 105 cm³/mol. The molecule has 0 bridgehead atoms. The maximum Gasteiger partial charge on any atom is 0.573 e. The Morgan fingerprint density at radius 1 is 1.00 bits per heavy atom. The highest BCUT2D eigenvalue weighted by atomic mass is 19.4. The molecule has 0 atom stereocenters. The summed E-state index contributed by atoms with van der Waals surface area (Å²) in [5.41, 5.74) is 2.46. The van der Waals surface area contributed by atoms with Gasteiger partial charge in [-0.25, -0.2) is 4.98 Å². The van der Waals surface area contributed by atoms with Crippen LogP contribution in [-0.4, -0.2) is 27.4 Å². The van der Waals surface area contributed by atoms with Crippen LogP contribution in [0.15, 0.2) is 48.7 Å². The van der Waals surface area contributed by atoms with Crippen LogP contribution in [0.5, 0.6) is 5.75 Å². The normalized spacial score (nSPS) is 11.4. The zero-order valence-electron chi connectivity index (χ0n) is 16.1. The lowest BCUT2D eigenvalue weighted by molar-refractivity contribution is -0.274. The summed E-state index contributed by atoms with van der Waals surface area (Å²) in [4.78, 5) is 13.2. The summed E-state index contributed by atoms with van der Waals surface area (Å²) in [6.07, 6.45) is -3.06. The maximum atomic E-state index is 12.4. The van der Waals surface area contributed by atoms with Crippen molar-refractivity contribution in [1.82, 2.24) is 15.0 Å². The third kappa shape index (κ3) is 5.81. The number of anilines is 3. The Hall–Kier alpha value is -3.36. The van der Waals surface area contributed by atoms with Crippen molar-refractivity contribution in [2.24, 2.45) is 0 Å². The first kappa shape index (κ1) is 20.4. The number of hydrogen-bond acceptors (Lipinski definition) is 6. The molecular formula is C20H20F3N5O. The highest BCUT2D eigenvalue weighted by Gasteiger charge is 2.31. The minimum atomic E-state index is -4.73. The first-order chi connectivity index (χ1) is 13.7. The molecule has 0 radical (unpaired) electrons. The van der Waals surface area contributed by atoms with E-state index >= 15 is 0 Å². The summed E-state index contributed by atoms with van der Waals surface area (Å²) in [5.74, 6) is 0.622. The third-order valence-corrected chi connectivity index (χ3v) is 3.77. The van der Waals surface area contributed by atoms with Crippen LogP contribution < -0.4 is 15.4 Å². The van der Waals surface area contributed by atoms with E-state index in [1.54, 1.807) is 19.2 Å². The lowest BCUT2D eigenvalue weighted by atomic mass is 10.2. The number of halogens is 3. The van der Waals surface area contributed by atoms with E-state index in [4.69, 9.17) is 0 Å². The minimum Gasteiger partial charge on any atom is -0.406 e. The molecule has 0 aliphatic rings. The standard InChI is InChI=1S/C20H20F3N5O/c1-12(2)25-19-27-17(16-6-4-5-9-24-16)11-18(28-19)26-15-8-7-14(10-13(15)3)29-20(21,22)23/h4-12H,1-3H3,(H2,25,26,27,28). The van der Waals surface area contributed by atoms with Gasteiger partial charge in [0, 0.05) is 24.0 Å². The van der Waals surface area contributed by atoms with E-state index in [0.717, 1.165) is 0 Å². The fourth-order valence-electron chi connectivity index (χ4n) is 2.59. The van der Waals surface area contributed by atoms with Crippen LogP contribution >= 0.6 is 0 Å². The molecular weight excluding hydrogens is 383 g/mol. The molecule has 0 saturated carbocycles. The Morgan fingerprint density at radius 2 is 1.79 bits per heavy atom. The van der Waals surface area contributed by atoms with E-state index in [2.05, 4.69) is 30.3 Å². The SMILES string of the molecule is Cc1cc(OC(F)(F)F)ccc1Nc1cc(-c2ccccn2)nc(NC(C)C)n1. The van der Waals surface area contributed by atoms with Gasteiger partial charge in [-0.05, 0) is 56.7 Å². The molecule has 0 unspecified atom stereocenters. The molecule has 0 amide bonds. The van der Waals surface area contributed by atoms with Crippen molar-refractivity contribution in [3.63, 3.8) is 0 Å². The van der Waals surface area contributed by atoms with Crippen LogP contribution in [0.3, 0.4) is 0 Å². The maximum absolute atomic E-state index is 12.4. The smallest absolute Gasteiger partial charge is 0.406 e. The zero-order chi connectivity index (χ0) is 21.0. The molecule has 2 N–H and O–H groups in total. The van der Waals surface area contributed by atoms with Crippen molar-refractivity contribution < 1.29 is 17.9 Å². The van der Waals surface area contributed by atoms with Crippen LogP contribution in [0.2, 0.25) is 0 Å². The highest BCUT2D eigenvalue weighted by molar-refractivity contribution is 5.67. The average Bonchev–Trinajstić information content (AvgIpc) is 2.63. The number of aromatic nitrogens is 3. The van der Waals surface area contributed by atoms with Gasteiger partial charge in [0.05, 0.1) is 11.4 Å². The molecule has 3 rings (SSSR count). The first-order valence-corrected chi connectivity index (χ1v) is 8.90. The number of hydrogen-bond donors (Lipinski definition) is 2. The monoisotopic (exact) mass is 403 g/mol. The third-order valence-electron chi connectivity index (χ3n) is 3.77. The quantitative estimate of drug-likeness (QED) is 0.581. The number of nitrogens with one attached hydrogen (secondary N) is 2. The van der Waals surface area contributed by atoms with Gasteiger partial charge in [-0.15, -0.1) is 13.2 Å². The van der Waals surface area contributed by atoms with Crippen LogP contribution in [0.1, 0.15) is 19.4 Å². The lowest BCUT2D eigenvalue weighted by Crippen LogP contribution is -2.17. The number of aryl methyl sites for hydroxylation is 1. The predicted octanol–water partition coefficient (Wildman–Crippen LogP) is 5.31. The van der Waals surface area contributed by atoms with Crippen molar-refractivity contribution >= 4 is 17.5 Å². The summed E-state index contributed by atoms with van der Waals surface area (Å²) >= 11 is 0. The van der Waals surface area contributed by atoms with Crippen molar-refractivity contribution in [2.75, 3.05) is 10.6 Å². The van der Waals surface area contributed by atoms with Crippen molar-refractivity contribution in [1.29, 1.82) is 0 Å². The minimum absolute atomic E-state index is 0.113. The molecule has 6 nitrogen and oxygen atoms in total. The Balaban J connectivity index is 1.92. The first-order valence-electron chi connectivity index (χ1n) is 8.90. The van der Waals surface area contributed by atoms with E-state index < -0.39 is 6.36 Å². The number of nitrogens with zero attached hydrogens (tertiary/aromatic N) is 3. The Morgan fingerprint density at radius 3 is 2.41 bits per heavy atom. The average molecular weight is 403 g/mol. The van der Waals surface area contributed by atoms with Crippen molar-refractivity contribution in [3.8, 4) is 17.1 Å². The second-order valence-corrected chi connectivity index (χ2v) is 6.63. The van der Waals surface area contributed by atoms with Gasteiger partial charge in [-0.3, -0.25) is 4.98 Å². The number of ether oxygens (including phenoxy) is 1. The summed E-state index contributed by atoms with van der Waals surface area (Å²) in [6.45, 7) is 5.61. The van der Waals surface area contributed by atoms with Gasteiger partial charge in [-0.2, -0.15) is 4.98 Å². The molecule has 29 heavy (non-hydrogen) atoms. The highest BCUT2D eigenvalue weighted by Crippen LogP contribution is 2.29. The van der Waals surface area contributed by atoms with E-state index in [1.807, 2.05) is 32.0 Å². The van der Waals surface area contributed by atoms with Gasteiger partial charge in [0.15, 0.2) is 0 Å². The molecule has 3 aromatic rings. The van der Waals surface area contributed by atoms with E-state index in [0.29, 0.717) is 34.4 Å². The lowest BCUT2D eigenvalue weighted by Gasteiger charge is -2.15. The van der Waals surface area contributed by atoms with Crippen LogP contribution in [0.25, 0.3) is 11.4 Å². The second-order valence-electron chi connectivity index (χ2n) is 6.63. The van der Waals surface area contributed by atoms with Gasteiger partial charge in [-0.1, -0.05) is 6.07 Å². The topological polar surface area (TPSA) is 72.0 Å². The molecule has 152 valence electrons. The summed E-state index contributed by atoms with van der Waals surface area (Å²) in [6, 6.07) is 11.4. The fraction of sp³-hybridized carbons (Fsp3) is 0.250. The van der Waals surface area contributed by atoms with E-state index in [1.165, 1.54) is 18.2 Å². The summed E-state index contributed by atoms with van der Waals surface area (Å²) < 4.78 is 41.2. The van der Waals surface area contributed by atoms with Gasteiger partial charge in [0.2, 0.25) is 5.95 Å². The molecule has 2 aromatic heterocycles. The fourth-order valence-corrected chi connectivity index (χ4v) is 2.59. The van der Waals surface area contributed by atoms with Crippen LogP contribution in [0, 0.1) is 6.92 Å². The van der Waals surface area contributed by atoms with Gasteiger partial charge in [0.1, 0.15) is 11.6 Å². The molecule has 0 aliphatic heterocycles. The second kappa shape index (κ2) is 8.34. The molecule has 9 heteroatoms. The number of rotatable bonds is 6. The molecule has 0 saturated heterocycles. The van der Waals surface area contributed by atoms with E-state index in [9.17, 15) is 13.2 Å². The number of benzene rings is 1. The molecule has 2 heterocycles. The Bertz CT molecular complexity index is 978. The van der Waals surface area contributed by atoms with E-state index in [-0.39, 0.29) is 11.8 Å². The van der Waals surface area contributed by atoms with Crippen LogP contribution in [0.4, 0.5) is 30.6 Å². The van der Waals surface area contributed by atoms with Gasteiger partial charge >= 0.3 is 6.36 Å². The summed E-state index contributed by atoms with van der Waals surface area (Å²) in [5, 5.41) is 6.29. The van der Waals surface area contributed by atoms with Gasteiger partial charge < -0.3 is 15.4 Å².